The molecule has 6 heteroatoms. The third kappa shape index (κ3) is 2.59. The molecular weight excluding hydrogens is 361 g/mol. The Kier molecular flexibility index (Phi) is 4.21. The molecular formula is C18H15Cl2N3S. The van der Waals surface area contributed by atoms with E-state index in [0.29, 0.717) is 10.0 Å². The van der Waals surface area contributed by atoms with E-state index in [-0.39, 0.29) is 0 Å². The summed E-state index contributed by atoms with van der Waals surface area (Å²) in [4.78, 5) is 1.22. The molecule has 1 aliphatic heterocycles. The molecule has 0 fully saturated rings. The predicted octanol–water partition coefficient (Wildman–Crippen LogP) is 5.54. The van der Waals surface area contributed by atoms with Crippen molar-refractivity contribution in [2.75, 3.05) is 18.1 Å². The molecule has 0 saturated heterocycles. The predicted molar refractivity (Wildman–Crippen MR) is 103 cm³/mol. The van der Waals surface area contributed by atoms with Gasteiger partial charge in [-0.05, 0) is 36.9 Å². The quantitative estimate of drug-likeness (QED) is 0.609. The number of nitrogens with one attached hydrogen (secondary N) is 1. The van der Waals surface area contributed by atoms with E-state index >= 15 is 0 Å². The van der Waals surface area contributed by atoms with Gasteiger partial charge in [-0.1, -0.05) is 41.4 Å². The lowest BCUT2D eigenvalue weighted by Crippen LogP contribution is -2.05. The van der Waals surface area contributed by atoms with Crippen LogP contribution >= 0.6 is 35.0 Å². The first-order chi connectivity index (χ1) is 11.7. The molecule has 0 atom stereocenters. The third-order valence-electron chi connectivity index (χ3n) is 4.15. The Hall–Kier alpha value is -1.62. The zero-order chi connectivity index (χ0) is 16.7. The number of hydrogen-bond donors (Lipinski definition) is 1. The molecule has 0 bridgehead atoms. The highest BCUT2D eigenvalue weighted by Crippen LogP contribution is 2.39. The van der Waals surface area contributed by atoms with Crippen molar-refractivity contribution in [2.45, 2.75) is 11.3 Å². The lowest BCUT2D eigenvalue weighted by Gasteiger charge is -2.09. The van der Waals surface area contributed by atoms with Gasteiger partial charge in [0.15, 0.2) is 0 Å². The maximum atomic E-state index is 6.40. The summed E-state index contributed by atoms with van der Waals surface area (Å²) in [7, 11) is 0. The summed E-state index contributed by atoms with van der Waals surface area (Å²) in [6, 6.07) is 13.9. The molecule has 24 heavy (non-hydrogen) atoms. The maximum absolute atomic E-state index is 6.40. The van der Waals surface area contributed by atoms with E-state index in [4.69, 9.17) is 28.3 Å². The number of thioether (sulfide) groups is 1. The van der Waals surface area contributed by atoms with Gasteiger partial charge < -0.3 is 5.32 Å². The number of rotatable bonds is 3. The van der Waals surface area contributed by atoms with Crippen molar-refractivity contribution in [3.8, 4) is 16.9 Å². The monoisotopic (exact) mass is 375 g/mol. The van der Waals surface area contributed by atoms with Crippen LogP contribution in [0.4, 0.5) is 5.82 Å². The summed E-state index contributed by atoms with van der Waals surface area (Å²) in [6.07, 6.45) is 3.04. The minimum atomic E-state index is 0.589. The van der Waals surface area contributed by atoms with Crippen molar-refractivity contribution in [2.24, 2.45) is 0 Å². The smallest absolute Gasteiger partial charge is 0.133 e. The first kappa shape index (κ1) is 15.9. The summed E-state index contributed by atoms with van der Waals surface area (Å²) in [5.74, 6) is 1.02. The third-order valence-corrected chi connectivity index (χ3v) is 5.48. The molecule has 1 aliphatic rings. The van der Waals surface area contributed by atoms with Crippen LogP contribution in [0.3, 0.4) is 0 Å². The molecule has 3 aromatic rings. The van der Waals surface area contributed by atoms with Gasteiger partial charge in [-0.2, -0.15) is 5.10 Å². The highest BCUT2D eigenvalue weighted by atomic mass is 35.5. The molecule has 4 rings (SSSR count). The normalized spacial score (nSPS) is 13.0. The van der Waals surface area contributed by atoms with Gasteiger partial charge in [-0.3, -0.25) is 0 Å². The van der Waals surface area contributed by atoms with E-state index in [2.05, 4.69) is 35.8 Å². The largest absolute Gasteiger partial charge is 0.369 e. The van der Waals surface area contributed by atoms with Crippen molar-refractivity contribution >= 4 is 40.8 Å². The van der Waals surface area contributed by atoms with Crippen LogP contribution in [0.2, 0.25) is 10.0 Å². The minimum absolute atomic E-state index is 0.589. The van der Waals surface area contributed by atoms with Crippen molar-refractivity contribution < 1.29 is 0 Å². The fourth-order valence-corrected chi connectivity index (χ4v) is 4.15. The molecule has 0 unspecified atom stereocenters. The van der Waals surface area contributed by atoms with Gasteiger partial charge in [-0.25, -0.2) is 4.68 Å². The molecule has 0 saturated carbocycles. The standard InChI is InChI=1S/C18H15Cl2N3S/c1-24-16-5-3-2-4-12(16)17-13-8-9-21-18(13)23(22-17)15-7-6-11(19)10-14(15)20/h2-7,10,21H,8-9H2,1H3. The first-order valence-corrected chi connectivity index (χ1v) is 9.61. The first-order valence-electron chi connectivity index (χ1n) is 7.63. The van der Waals surface area contributed by atoms with Gasteiger partial charge in [0.1, 0.15) is 5.82 Å². The van der Waals surface area contributed by atoms with Crippen molar-refractivity contribution in [3.05, 3.63) is 58.1 Å². The van der Waals surface area contributed by atoms with Crippen LogP contribution in [0.15, 0.2) is 47.4 Å². The number of anilines is 1. The van der Waals surface area contributed by atoms with E-state index in [1.165, 1.54) is 10.5 Å². The molecule has 0 radical (unpaired) electrons. The topological polar surface area (TPSA) is 29.9 Å². The molecule has 0 amide bonds. The molecule has 0 aliphatic carbocycles. The lowest BCUT2D eigenvalue weighted by molar-refractivity contribution is 0.881. The molecule has 0 spiro atoms. The van der Waals surface area contributed by atoms with Crippen LogP contribution in [0.5, 0.6) is 0 Å². The number of halogens is 2. The van der Waals surface area contributed by atoms with Gasteiger partial charge in [0, 0.05) is 27.6 Å². The number of nitrogens with zero attached hydrogens (tertiary/aromatic N) is 2. The zero-order valence-electron chi connectivity index (χ0n) is 13.0. The van der Waals surface area contributed by atoms with Crippen LogP contribution in [-0.2, 0) is 6.42 Å². The van der Waals surface area contributed by atoms with Crippen LogP contribution in [0.25, 0.3) is 16.9 Å². The number of benzene rings is 2. The Morgan fingerprint density at radius 3 is 2.79 bits per heavy atom. The average molecular weight is 376 g/mol. The lowest BCUT2D eigenvalue weighted by atomic mass is 10.1. The highest BCUT2D eigenvalue weighted by Gasteiger charge is 2.25. The maximum Gasteiger partial charge on any atom is 0.133 e. The summed E-state index contributed by atoms with van der Waals surface area (Å²) in [6.45, 7) is 0.910. The van der Waals surface area contributed by atoms with Crippen molar-refractivity contribution in [1.82, 2.24) is 9.78 Å². The second kappa shape index (κ2) is 6.36. The second-order valence-corrected chi connectivity index (χ2v) is 7.25. The van der Waals surface area contributed by atoms with Crippen LogP contribution in [0, 0.1) is 0 Å². The Balaban J connectivity index is 1.93. The average Bonchev–Trinajstić information content (AvgIpc) is 3.18. The Labute approximate surface area is 155 Å². The zero-order valence-corrected chi connectivity index (χ0v) is 15.3. The summed E-state index contributed by atoms with van der Waals surface area (Å²) >= 11 is 14.2. The van der Waals surface area contributed by atoms with E-state index in [1.807, 2.05) is 16.8 Å². The number of hydrogen-bond acceptors (Lipinski definition) is 3. The SMILES string of the molecule is CSc1ccccc1-c1nn(-c2ccc(Cl)cc2Cl)c2c1CCN2. The van der Waals surface area contributed by atoms with E-state index in [0.717, 1.165) is 35.7 Å². The Morgan fingerprint density at radius 1 is 1.17 bits per heavy atom. The molecule has 122 valence electrons. The van der Waals surface area contributed by atoms with Gasteiger partial charge in [0.2, 0.25) is 0 Å². The summed E-state index contributed by atoms with van der Waals surface area (Å²) < 4.78 is 1.90. The van der Waals surface area contributed by atoms with Gasteiger partial charge in [0.25, 0.3) is 0 Å². The highest BCUT2D eigenvalue weighted by molar-refractivity contribution is 7.98. The van der Waals surface area contributed by atoms with Crippen LogP contribution < -0.4 is 5.32 Å². The minimum Gasteiger partial charge on any atom is -0.369 e. The molecule has 3 nitrogen and oxygen atoms in total. The van der Waals surface area contributed by atoms with Crippen LogP contribution in [0.1, 0.15) is 5.56 Å². The molecule has 1 N–H and O–H groups in total. The second-order valence-electron chi connectivity index (χ2n) is 5.56. The molecule has 2 heterocycles. The van der Waals surface area contributed by atoms with E-state index in [1.54, 1.807) is 17.8 Å². The fourth-order valence-electron chi connectivity index (χ4n) is 3.06. The van der Waals surface area contributed by atoms with Gasteiger partial charge in [-0.15, -0.1) is 11.8 Å². The Morgan fingerprint density at radius 2 is 2.00 bits per heavy atom. The van der Waals surface area contributed by atoms with Crippen LogP contribution in [-0.4, -0.2) is 22.6 Å². The summed E-state index contributed by atoms with van der Waals surface area (Å²) in [5.41, 5.74) is 4.25. The van der Waals surface area contributed by atoms with E-state index in [9.17, 15) is 0 Å². The number of aromatic nitrogens is 2. The van der Waals surface area contributed by atoms with Crippen molar-refractivity contribution in [1.29, 1.82) is 0 Å². The molecule has 1 aromatic heterocycles. The fraction of sp³-hybridized carbons (Fsp3) is 0.167. The van der Waals surface area contributed by atoms with Gasteiger partial charge >= 0.3 is 0 Å². The Bertz CT molecular complexity index is 921. The number of fused-ring (bicyclic) bond motifs is 1. The van der Waals surface area contributed by atoms with Gasteiger partial charge in [0.05, 0.1) is 16.4 Å². The summed E-state index contributed by atoms with van der Waals surface area (Å²) in [5, 5.41) is 9.53. The van der Waals surface area contributed by atoms with Crippen molar-refractivity contribution in [3.63, 3.8) is 0 Å². The van der Waals surface area contributed by atoms with E-state index < -0.39 is 0 Å². The molecule has 2 aromatic carbocycles.